The van der Waals surface area contributed by atoms with E-state index in [-0.39, 0.29) is 17.6 Å². The van der Waals surface area contributed by atoms with Gasteiger partial charge in [0.25, 0.3) is 0 Å². The Hall–Kier alpha value is -4.91. The van der Waals surface area contributed by atoms with Gasteiger partial charge in [-0.15, -0.1) is 0 Å². The van der Waals surface area contributed by atoms with Crippen LogP contribution >= 0.6 is 0 Å². The molecule has 0 unspecified atom stereocenters. The van der Waals surface area contributed by atoms with Crippen molar-refractivity contribution in [2.24, 2.45) is 5.92 Å². The second-order valence-corrected chi connectivity index (χ2v) is 11.4. The molecule has 0 saturated carbocycles. The Morgan fingerprint density at radius 2 is 1.50 bits per heavy atom. The largest absolute Gasteiger partial charge is 0.492 e. The summed E-state index contributed by atoms with van der Waals surface area (Å²) in [6.07, 6.45) is 1.95. The summed E-state index contributed by atoms with van der Waals surface area (Å²) in [5.41, 5.74) is 4.77. The number of nitrogens with one attached hydrogen (secondary N) is 1. The van der Waals surface area contributed by atoms with Gasteiger partial charge in [0.05, 0.1) is 13.7 Å². The highest BCUT2D eigenvalue weighted by Crippen LogP contribution is 2.23. The molecule has 0 radical (unpaired) electrons. The van der Waals surface area contributed by atoms with Gasteiger partial charge in [-0.3, -0.25) is 9.59 Å². The third kappa shape index (κ3) is 9.30. The minimum atomic E-state index is -0.715. The summed E-state index contributed by atoms with van der Waals surface area (Å²) < 4.78 is 11.2. The summed E-state index contributed by atoms with van der Waals surface area (Å²) in [6.45, 7) is 7.53. The van der Waals surface area contributed by atoms with Crippen molar-refractivity contribution in [3.05, 3.63) is 131 Å². The third-order valence-electron chi connectivity index (χ3n) is 8.12. The normalized spacial score (nSPS) is 11.5. The SMILES string of the molecule is CCC(CC)C(=O)N(CCOc1ccc(C[C@H](Nc2ccccc2C(=O)c2ccccc2)C(=O)OC)cc1)Cc1cccc(C)c1. The van der Waals surface area contributed by atoms with E-state index in [9.17, 15) is 14.4 Å². The fraction of sp³-hybridized carbons (Fsp3) is 0.308. The van der Waals surface area contributed by atoms with Gasteiger partial charge in [0.15, 0.2) is 5.78 Å². The van der Waals surface area contributed by atoms with Crippen LogP contribution in [0, 0.1) is 12.8 Å². The first-order chi connectivity index (χ1) is 22.3. The molecule has 0 spiro atoms. The molecule has 240 valence electrons. The van der Waals surface area contributed by atoms with E-state index < -0.39 is 12.0 Å². The number of esters is 1. The summed E-state index contributed by atoms with van der Waals surface area (Å²) in [7, 11) is 1.35. The topological polar surface area (TPSA) is 84.9 Å². The summed E-state index contributed by atoms with van der Waals surface area (Å²) in [6, 6.07) is 31.3. The first kappa shape index (κ1) is 34.0. The zero-order chi connectivity index (χ0) is 32.9. The lowest BCUT2D eigenvalue weighted by Gasteiger charge is -2.27. The minimum absolute atomic E-state index is 0.0103. The van der Waals surface area contributed by atoms with Crippen molar-refractivity contribution in [2.45, 2.75) is 52.6 Å². The number of rotatable bonds is 16. The maximum atomic E-state index is 13.3. The van der Waals surface area contributed by atoms with Crippen molar-refractivity contribution >= 4 is 23.3 Å². The van der Waals surface area contributed by atoms with E-state index >= 15 is 0 Å². The van der Waals surface area contributed by atoms with E-state index in [4.69, 9.17) is 9.47 Å². The monoisotopic (exact) mass is 620 g/mol. The van der Waals surface area contributed by atoms with E-state index in [0.717, 1.165) is 24.0 Å². The fourth-order valence-corrected chi connectivity index (χ4v) is 5.50. The maximum absolute atomic E-state index is 13.3. The molecular weight excluding hydrogens is 576 g/mol. The number of methoxy groups -OCH3 is 1. The smallest absolute Gasteiger partial charge is 0.328 e. The van der Waals surface area contributed by atoms with Gasteiger partial charge in [-0.2, -0.15) is 0 Å². The number of carbonyl (C=O) groups excluding carboxylic acids is 3. The maximum Gasteiger partial charge on any atom is 0.328 e. The van der Waals surface area contributed by atoms with Crippen LogP contribution in [-0.4, -0.2) is 48.9 Å². The lowest BCUT2D eigenvalue weighted by atomic mass is 10.00. The predicted molar refractivity (Wildman–Crippen MR) is 182 cm³/mol. The van der Waals surface area contributed by atoms with Crippen LogP contribution in [0.25, 0.3) is 0 Å². The van der Waals surface area contributed by atoms with Crippen molar-refractivity contribution < 1.29 is 23.9 Å². The highest BCUT2D eigenvalue weighted by Gasteiger charge is 2.24. The van der Waals surface area contributed by atoms with Crippen LogP contribution in [0.2, 0.25) is 0 Å². The van der Waals surface area contributed by atoms with Crippen LogP contribution in [0.4, 0.5) is 5.69 Å². The second-order valence-electron chi connectivity index (χ2n) is 11.4. The Balaban J connectivity index is 1.41. The van der Waals surface area contributed by atoms with Crippen LogP contribution in [0.15, 0.2) is 103 Å². The van der Waals surface area contributed by atoms with Crippen molar-refractivity contribution in [2.75, 3.05) is 25.6 Å². The molecule has 0 aromatic heterocycles. The standard InChI is InChI=1S/C39H44N2O5/c1-5-31(6-2)38(43)41(27-30-14-12-13-28(3)25-30)23-24-46-33-21-19-29(20-22-33)26-36(39(44)45-4)40-35-18-11-10-17-34(35)37(42)32-15-8-7-9-16-32/h7-22,25,31,36,40H,5-6,23-24,26-27H2,1-4H3/t36-/m0/s1. The molecule has 1 N–H and O–H groups in total. The number of hydrogen-bond acceptors (Lipinski definition) is 6. The molecule has 0 bridgehead atoms. The molecule has 7 heteroatoms. The van der Waals surface area contributed by atoms with E-state index in [1.165, 1.54) is 12.7 Å². The molecule has 46 heavy (non-hydrogen) atoms. The molecule has 4 rings (SSSR count). The fourth-order valence-electron chi connectivity index (χ4n) is 5.50. The molecule has 1 amide bonds. The van der Waals surface area contributed by atoms with Gasteiger partial charge in [0.2, 0.25) is 5.91 Å². The second kappa shape index (κ2) is 17.0. The molecule has 4 aromatic rings. The molecule has 1 atom stereocenters. The van der Waals surface area contributed by atoms with Crippen LogP contribution < -0.4 is 10.1 Å². The first-order valence-electron chi connectivity index (χ1n) is 15.9. The molecule has 0 aliphatic rings. The number of nitrogens with zero attached hydrogens (tertiary/aromatic N) is 1. The van der Waals surface area contributed by atoms with Gasteiger partial charge in [-0.1, -0.05) is 98.3 Å². The highest BCUT2D eigenvalue weighted by atomic mass is 16.5. The van der Waals surface area contributed by atoms with E-state index in [1.807, 2.05) is 59.5 Å². The molecule has 0 heterocycles. The molecule has 7 nitrogen and oxygen atoms in total. The predicted octanol–water partition coefficient (Wildman–Crippen LogP) is 7.27. The molecule has 0 saturated heterocycles. The number of ketones is 1. The van der Waals surface area contributed by atoms with E-state index in [0.29, 0.717) is 48.7 Å². The van der Waals surface area contributed by atoms with Crippen molar-refractivity contribution in [1.82, 2.24) is 4.90 Å². The Morgan fingerprint density at radius 1 is 0.804 bits per heavy atom. The highest BCUT2D eigenvalue weighted by molar-refractivity contribution is 6.12. The minimum Gasteiger partial charge on any atom is -0.492 e. The van der Waals surface area contributed by atoms with Crippen LogP contribution in [-0.2, 0) is 27.3 Å². The van der Waals surface area contributed by atoms with Gasteiger partial charge in [-0.25, -0.2) is 4.79 Å². The lowest BCUT2D eigenvalue weighted by Crippen LogP contribution is -2.38. The number of benzene rings is 4. The average molecular weight is 621 g/mol. The Bertz CT molecular complexity index is 1580. The first-order valence-corrected chi connectivity index (χ1v) is 15.9. The zero-order valence-electron chi connectivity index (χ0n) is 27.2. The van der Waals surface area contributed by atoms with E-state index in [2.05, 4.69) is 44.3 Å². The number of para-hydroxylation sites is 1. The summed E-state index contributed by atoms with van der Waals surface area (Å²) >= 11 is 0. The molecule has 0 aliphatic carbocycles. The number of amides is 1. The van der Waals surface area contributed by atoms with Gasteiger partial charge in [0.1, 0.15) is 18.4 Å². The summed E-state index contributed by atoms with van der Waals surface area (Å²) in [4.78, 5) is 41.3. The van der Waals surface area contributed by atoms with E-state index in [1.54, 1.807) is 30.3 Å². The van der Waals surface area contributed by atoms with Crippen molar-refractivity contribution in [1.29, 1.82) is 0 Å². The van der Waals surface area contributed by atoms with Crippen LogP contribution in [0.3, 0.4) is 0 Å². The van der Waals surface area contributed by atoms with Gasteiger partial charge in [0, 0.05) is 35.7 Å². The number of anilines is 1. The summed E-state index contributed by atoms with van der Waals surface area (Å²) in [5, 5.41) is 3.25. The van der Waals surface area contributed by atoms with Gasteiger partial charge >= 0.3 is 5.97 Å². The quantitative estimate of drug-likeness (QED) is 0.105. The number of carbonyl (C=O) groups is 3. The molecule has 4 aromatic carbocycles. The molecule has 0 aliphatic heterocycles. The van der Waals surface area contributed by atoms with Crippen molar-refractivity contribution in [3.8, 4) is 5.75 Å². The Labute approximate surface area is 272 Å². The number of hydrogen-bond donors (Lipinski definition) is 1. The van der Waals surface area contributed by atoms with Crippen molar-refractivity contribution in [3.63, 3.8) is 0 Å². The Kier molecular flexibility index (Phi) is 12.5. The summed E-state index contributed by atoms with van der Waals surface area (Å²) in [5.74, 6) is 0.254. The van der Waals surface area contributed by atoms with Gasteiger partial charge < -0.3 is 19.7 Å². The Morgan fingerprint density at radius 3 is 2.17 bits per heavy atom. The van der Waals surface area contributed by atoms with Crippen LogP contribution in [0.1, 0.15) is 59.3 Å². The zero-order valence-corrected chi connectivity index (χ0v) is 27.2. The molecular formula is C39H44N2O5. The third-order valence-corrected chi connectivity index (χ3v) is 8.12. The average Bonchev–Trinajstić information content (AvgIpc) is 3.08. The number of ether oxygens (including phenoxy) is 2. The lowest BCUT2D eigenvalue weighted by molar-refractivity contribution is -0.141. The van der Waals surface area contributed by atoms with Gasteiger partial charge in [-0.05, 0) is 55.2 Å². The molecule has 0 fully saturated rings. The van der Waals surface area contributed by atoms with Crippen LogP contribution in [0.5, 0.6) is 5.75 Å². The number of aryl methyl sites for hydroxylation is 1.